The van der Waals surface area contributed by atoms with E-state index in [1.165, 1.54) is 0 Å². The predicted molar refractivity (Wildman–Crippen MR) is 140 cm³/mol. The zero-order valence-corrected chi connectivity index (χ0v) is 22.6. The van der Waals surface area contributed by atoms with Crippen molar-refractivity contribution in [3.05, 3.63) is 0 Å². The van der Waals surface area contributed by atoms with Gasteiger partial charge in [0.25, 0.3) is 0 Å². The summed E-state index contributed by atoms with van der Waals surface area (Å²) in [7, 11) is 1.89. The summed E-state index contributed by atoms with van der Waals surface area (Å²) in [6.07, 6.45) is -1.12. The van der Waals surface area contributed by atoms with E-state index in [2.05, 4.69) is 21.3 Å². The van der Waals surface area contributed by atoms with Gasteiger partial charge in [0.05, 0.1) is 0 Å². The molecule has 0 aliphatic carbocycles. The van der Waals surface area contributed by atoms with E-state index >= 15 is 0 Å². The maximum atomic E-state index is 12.4. The van der Waals surface area contributed by atoms with Crippen molar-refractivity contribution in [3.8, 4) is 0 Å². The number of carboxylic acids is 4. The highest BCUT2D eigenvalue weighted by molar-refractivity contribution is 8.76. The Balaban J connectivity index is 5.18. The molecule has 0 saturated heterocycles. The van der Waals surface area contributed by atoms with E-state index in [1.807, 2.05) is 0 Å². The zero-order chi connectivity index (χ0) is 30.8. The molecule has 0 spiro atoms. The van der Waals surface area contributed by atoms with E-state index < -0.39 is 84.8 Å². The van der Waals surface area contributed by atoms with Crippen LogP contribution in [0.5, 0.6) is 0 Å². The van der Waals surface area contributed by atoms with Crippen molar-refractivity contribution in [2.24, 2.45) is 11.5 Å². The van der Waals surface area contributed by atoms with Crippen LogP contribution >= 0.6 is 21.6 Å². The van der Waals surface area contributed by atoms with Crippen LogP contribution in [0.4, 0.5) is 0 Å². The van der Waals surface area contributed by atoms with Crippen LogP contribution in [-0.4, -0.2) is 117 Å². The fraction of sp³-hybridized carbons (Fsp3) is 0.600. The number of hydrogen-bond acceptors (Lipinski definition) is 12. The molecule has 0 heterocycles. The maximum Gasteiger partial charge on any atom is 0.322 e. The van der Waals surface area contributed by atoms with Gasteiger partial charge in [-0.3, -0.25) is 38.4 Å². The maximum absolute atomic E-state index is 12.4. The Kier molecular flexibility index (Phi) is 17.7. The lowest BCUT2D eigenvalue weighted by molar-refractivity contribution is -0.140. The highest BCUT2D eigenvalue weighted by atomic mass is 33.1. The molecule has 0 aromatic rings. The minimum atomic E-state index is -1.34. The van der Waals surface area contributed by atoms with Crippen molar-refractivity contribution in [3.63, 3.8) is 0 Å². The summed E-state index contributed by atoms with van der Waals surface area (Å²) >= 11 is 0. The molecule has 4 atom stereocenters. The van der Waals surface area contributed by atoms with Gasteiger partial charge in [-0.1, -0.05) is 21.6 Å². The summed E-state index contributed by atoms with van der Waals surface area (Å²) in [5, 5.41) is 44.1. The fourth-order valence-electron chi connectivity index (χ4n) is 2.52. The van der Waals surface area contributed by atoms with Gasteiger partial charge in [0.15, 0.2) is 0 Å². The van der Waals surface area contributed by atoms with Gasteiger partial charge in [0.2, 0.25) is 23.6 Å². The van der Waals surface area contributed by atoms with Gasteiger partial charge in [-0.25, -0.2) is 0 Å². The Hall–Kier alpha value is -3.62. The molecule has 0 saturated carbocycles. The predicted octanol–water partition coefficient (Wildman–Crippen LogP) is -3.88. The molecule has 0 bridgehead atoms. The molecule has 0 radical (unpaired) electrons. The van der Waals surface area contributed by atoms with E-state index in [0.29, 0.717) is 0 Å². The van der Waals surface area contributed by atoms with Crippen LogP contribution in [0.15, 0.2) is 0 Å². The first-order valence-corrected chi connectivity index (χ1v) is 13.9. The summed E-state index contributed by atoms with van der Waals surface area (Å²) in [5.41, 5.74) is 10.7. The highest BCUT2D eigenvalue weighted by Crippen LogP contribution is 2.23. The Morgan fingerprint density at radius 2 is 0.925 bits per heavy atom. The average molecular weight is 613 g/mol. The third kappa shape index (κ3) is 17.1. The molecule has 12 N–H and O–H groups in total. The van der Waals surface area contributed by atoms with Crippen LogP contribution in [0.25, 0.3) is 0 Å². The number of nitrogens with one attached hydrogen (secondary N) is 4. The first-order chi connectivity index (χ1) is 18.6. The number of carbonyl (C=O) groups excluding carboxylic acids is 4. The highest BCUT2D eigenvalue weighted by Gasteiger charge is 2.25. The quantitative estimate of drug-likeness (QED) is 0.0437. The van der Waals surface area contributed by atoms with Crippen molar-refractivity contribution >= 4 is 69.1 Å². The van der Waals surface area contributed by atoms with Crippen LogP contribution in [0, 0.1) is 0 Å². The molecule has 226 valence electrons. The van der Waals surface area contributed by atoms with E-state index in [1.54, 1.807) is 0 Å². The first-order valence-electron chi connectivity index (χ1n) is 11.4. The minimum absolute atomic E-state index is 0.155. The van der Waals surface area contributed by atoms with Crippen LogP contribution in [-0.2, 0) is 38.4 Å². The second-order valence-corrected chi connectivity index (χ2v) is 10.6. The third-order valence-electron chi connectivity index (χ3n) is 4.68. The van der Waals surface area contributed by atoms with Crippen LogP contribution in [0.3, 0.4) is 0 Å². The molecule has 20 heteroatoms. The lowest BCUT2D eigenvalue weighted by Gasteiger charge is -2.20. The number of hydrogen-bond donors (Lipinski definition) is 10. The number of rotatable bonds is 21. The lowest BCUT2D eigenvalue weighted by Crippen LogP contribution is -2.50. The van der Waals surface area contributed by atoms with Gasteiger partial charge in [-0.15, -0.1) is 0 Å². The van der Waals surface area contributed by atoms with Crippen LogP contribution in [0.2, 0.25) is 0 Å². The molecule has 0 unspecified atom stereocenters. The smallest absolute Gasteiger partial charge is 0.322 e. The van der Waals surface area contributed by atoms with Crippen molar-refractivity contribution in [1.29, 1.82) is 0 Å². The molecular formula is C20H32N6O12S2. The van der Waals surface area contributed by atoms with Gasteiger partial charge in [-0.05, 0) is 12.8 Å². The average Bonchev–Trinajstić information content (AvgIpc) is 2.87. The Morgan fingerprint density at radius 1 is 0.600 bits per heavy atom. The van der Waals surface area contributed by atoms with E-state index in [9.17, 15) is 38.4 Å². The molecular weight excluding hydrogens is 580 g/mol. The number of nitrogens with two attached hydrogens (primary N) is 2. The largest absolute Gasteiger partial charge is 0.480 e. The van der Waals surface area contributed by atoms with Gasteiger partial charge in [0.1, 0.15) is 37.3 Å². The normalized spacial score (nSPS) is 13.6. The summed E-state index contributed by atoms with van der Waals surface area (Å²) < 4.78 is 0. The molecule has 18 nitrogen and oxygen atoms in total. The summed E-state index contributed by atoms with van der Waals surface area (Å²) in [5.74, 6) is -8.81. The summed E-state index contributed by atoms with van der Waals surface area (Å²) in [6, 6.07) is -5.16. The Morgan fingerprint density at radius 3 is 1.20 bits per heavy atom. The Bertz CT molecular complexity index is 879. The molecule has 40 heavy (non-hydrogen) atoms. The Labute approximate surface area is 235 Å². The fourth-order valence-corrected chi connectivity index (χ4v) is 4.85. The second-order valence-electron chi connectivity index (χ2n) is 8.00. The van der Waals surface area contributed by atoms with E-state index in [0.717, 1.165) is 21.6 Å². The third-order valence-corrected chi connectivity index (χ3v) is 7.11. The number of carboxylic acid groups (broad SMARTS) is 4. The molecule has 0 aliphatic heterocycles. The van der Waals surface area contributed by atoms with Crippen molar-refractivity contribution in [2.45, 2.75) is 49.9 Å². The molecule has 0 fully saturated rings. The molecule has 0 aromatic carbocycles. The molecule has 0 aromatic heterocycles. The second kappa shape index (κ2) is 19.4. The SMILES string of the molecule is N[C@H](CCC(=O)N[C@H](CSSC[C@H](NC(=O)CC[C@H](N)C(=O)O)C(=O)NCC(=O)O)C(=O)NCC(=O)O)C(=O)O. The minimum Gasteiger partial charge on any atom is -0.480 e. The topological polar surface area (TPSA) is 318 Å². The summed E-state index contributed by atoms with van der Waals surface area (Å²) in [4.78, 5) is 92.3. The van der Waals surface area contributed by atoms with Gasteiger partial charge in [0, 0.05) is 24.3 Å². The standard InChI is InChI=1S/C20H32N6O12S2/c21-9(19(35)36)1-3-13(27)25-11(17(33)23-5-15(29)30)7-39-40-8-12(18(34)24-6-16(31)32)26-14(28)4-2-10(22)20(37)38/h9-12H,1-8,21-22H2,(H,23,33)(H,24,34)(H,25,27)(H,26,28)(H,29,30)(H,31,32)(H,35,36)(H,37,38)/t9-,10+,11-,12+. The van der Waals surface area contributed by atoms with Crippen LogP contribution < -0.4 is 32.7 Å². The van der Waals surface area contributed by atoms with Crippen molar-refractivity contribution < 1.29 is 58.8 Å². The van der Waals surface area contributed by atoms with Gasteiger partial charge in [-0.2, -0.15) is 0 Å². The van der Waals surface area contributed by atoms with Crippen LogP contribution in [0.1, 0.15) is 25.7 Å². The van der Waals surface area contributed by atoms with Crippen molar-refractivity contribution in [2.75, 3.05) is 24.6 Å². The zero-order valence-electron chi connectivity index (χ0n) is 21.0. The van der Waals surface area contributed by atoms with E-state index in [-0.39, 0.29) is 37.2 Å². The number of aliphatic carboxylic acids is 4. The van der Waals surface area contributed by atoms with Gasteiger partial charge >= 0.3 is 23.9 Å². The van der Waals surface area contributed by atoms with E-state index in [4.69, 9.17) is 31.9 Å². The van der Waals surface area contributed by atoms with Crippen molar-refractivity contribution in [1.82, 2.24) is 21.3 Å². The first kappa shape index (κ1) is 36.4. The number of amides is 4. The monoisotopic (exact) mass is 612 g/mol. The molecule has 0 aliphatic rings. The molecule has 0 rings (SSSR count). The van der Waals surface area contributed by atoms with Gasteiger partial charge < -0.3 is 53.2 Å². The molecule has 4 amide bonds. The lowest BCUT2D eigenvalue weighted by atomic mass is 10.1. The number of carbonyl (C=O) groups is 8. The summed E-state index contributed by atoms with van der Waals surface area (Å²) in [6.45, 7) is -1.48.